The molecule has 0 saturated carbocycles. The van der Waals surface area contributed by atoms with Gasteiger partial charge < -0.3 is 5.11 Å². The minimum atomic E-state index is -1.17. The second-order valence-electron chi connectivity index (χ2n) is 1.99. The molecule has 58 valence electrons. The SMILES string of the molecule is NN(C(=O)O)c1ccccc1. The standard InChI is InChI=1S/C7H8N2O2/c8-9(7(10)11)6-4-2-1-3-5-6/h1-5H,8H2,(H,10,11). The molecule has 3 N–H and O–H groups in total. The van der Waals surface area contributed by atoms with E-state index in [0.29, 0.717) is 10.7 Å². The van der Waals surface area contributed by atoms with Crippen LogP contribution < -0.4 is 10.9 Å². The van der Waals surface area contributed by atoms with E-state index >= 15 is 0 Å². The van der Waals surface area contributed by atoms with Crippen LogP contribution in [0.25, 0.3) is 0 Å². The molecule has 11 heavy (non-hydrogen) atoms. The van der Waals surface area contributed by atoms with E-state index in [4.69, 9.17) is 10.9 Å². The zero-order chi connectivity index (χ0) is 8.27. The van der Waals surface area contributed by atoms with Gasteiger partial charge in [-0.2, -0.15) is 0 Å². The zero-order valence-electron chi connectivity index (χ0n) is 5.77. The first-order valence-corrected chi connectivity index (χ1v) is 3.04. The Morgan fingerprint density at radius 3 is 2.36 bits per heavy atom. The summed E-state index contributed by atoms with van der Waals surface area (Å²) in [5, 5.41) is 9.10. The van der Waals surface area contributed by atoms with Gasteiger partial charge in [0.25, 0.3) is 0 Å². The molecule has 1 amide bonds. The number of hydrogen-bond donors (Lipinski definition) is 2. The van der Waals surface area contributed by atoms with Gasteiger partial charge in [-0.3, -0.25) is 0 Å². The molecule has 0 aliphatic carbocycles. The molecule has 0 bridgehead atoms. The highest BCUT2D eigenvalue weighted by Gasteiger charge is 2.06. The van der Waals surface area contributed by atoms with Gasteiger partial charge in [-0.1, -0.05) is 18.2 Å². The van der Waals surface area contributed by atoms with E-state index in [0.717, 1.165) is 0 Å². The van der Waals surface area contributed by atoms with E-state index in [-0.39, 0.29) is 0 Å². The molecule has 1 aromatic carbocycles. The number of hydrazine groups is 1. The molecular weight excluding hydrogens is 144 g/mol. The van der Waals surface area contributed by atoms with Gasteiger partial charge in [0.1, 0.15) is 0 Å². The Labute approximate surface area is 63.8 Å². The van der Waals surface area contributed by atoms with Crippen molar-refractivity contribution in [3.8, 4) is 0 Å². The fourth-order valence-corrected chi connectivity index (χ4v) is 0.699. The molecule has 4 nitrogen and oxygen atoms in total. The number of hydrogen-bond acceptors (Lipinski definition) is 2. The van der Waals surface area contributed by atoms with Crippen LogP contribution in [-0.2, 0) is 0 Å². The monoisotopic (exact) mass is 152 g/mol. The Bertz CT molecular complexity index is 248. The van der Waals surface area contributed by atoms with E-state index < -0.39 is 6.09 Å². The summed E-state index contributed by atoms with van der Waals surface area (Å²) in [6.07, 6.45) is -1.17. The van der Waals surface area contributed by atoms with Gasteiger partial charge in [0.15, 0.2) is 0 Å². The maximum Gasteiger partial charge on any atom is 0.426 e. The van der Waals surface area contributed by atoms with Crippen molar-refractivity contribution >= 4 is 11.8 Å². The topological polar surface area (TPSA) is 66.6 Å². The van der Waals surface area contributed by atoms with Crippen LogP contribution in [0, 0.1) is 0 Å². The molecular formula is C7H8N2O2. The number of rotatable bonds is 1. The van der Waals surface area contributed by atoms with Gasteiger partial charge in [-0.25, -0.2) is 15.6 Å². The fourth-order valence-electron chi connectivity index (χ4n) is 0.699. The number of nitrogens with two attached hydrogens (primary N) is 1. The van der Waals surface area contributed by atoms with Crippen LogP contribution >= 0.6 is 0 Å². The van der Waals surface area contributed by atoms with Crippen LogP contribution in [0.1, 0.15) is 0 Å². The molecule has 0 atom stereocenters. The molecule has 0 radical (unpaired) electrons. The van der Waals surface area contributed by atoms with Crippen LogP contribution in [0.5, 0.6) is 0 Å². The normalized spacial score (nSPS) is 9.18. The number of nitrogens with zero attached hydrogens (tertiary/aromatic N) is 1. The second-order valence-corrected chi connectivity index (χ2v) is 1.99. The van der Waals surface area contributed by atoms with Gasteiger partial charge >= 0.3 is 6.09 Å². The molecule has 0 unspecified atom stereocenters. The summed E-state index contributed by atoms with van der Waals surface area (Å²) in [7, 11) is 0. The summed E-state index contributed by atoms with van der Waals surface area (Å²) in [6.45, 7) is 0. The Hall–Kier alpha value is -1.55. The summed E-state index contributed by atoms with van der Waals surface area (Å²) < 4.78 is 0. The predicted octanol–water partition coefficient (Wildman–Crippen LogP) is 1.04. The van der Waals surface area contributed by atoms with E-state index in [1.807, 2.05) is 0 Å². The van der Waals surface area contributed by atoms with Crippen molar-refractivity contribution in [2.24, 2.45) is 5.84 Å². The number of anilines is 1. The summed E-state index contributed by atoms with van der Waals surface area (Å²) >= 11 is 0. The lowest BCUT2D eigenvalue weighted by Gasteiger charge is -2.10. The van der Waals surface area contributed by atoms with Crippen molar-refractivity contribution in [1.82, 2.24) is 0 Å². The maximum atomic E-state index is 10.3. The largest absolute Gasteiger partial charge is 0.464 e. The van der Waals surface area contributed by atoms with Gasteiger partial charge in [0, 0.05) is 0 Å². The summed E-state index contributed by atoms with van der Waals surface area (Å²) in [4.78, 5) is 10.3. The van der Waals surface area contributed by atoms with Crippen molar-refractivity contribution in [1.29, 1.82) is 0 Å². The van der Waals surface area contributed by atoms with Gasteiger partial charge in [0.05, 0.1) is 5.69 Å². The molecule has 0 heterocycles. The molecule has 0 aliphatic heterocycles. The van der Waals surface area contributed by atoms with Crippen molar-refractivity contribution in [2.45, 2.75) is 0 Å². The highest BCUT2D eigenvalue weighted by Crippen LogP contribution is 2.08. The summed E-state index contributed by atoms with van der Waals surface area (Å²) in [5.41, 5.74) is 0.458. The molecule has 1 rings (SSSR count). The van der Waals surface area contributed by atoms with Gasteiger partial charge in [-0.15, -0.1) is 0 Å². The molecule has 4 heteroatoms. The molecule has 0 aliphatic rings. The van der Waals surface area contributed by atoms with Crippen LogP contribution in [0.3, 0.4) is 0 Å². The van der Waals surface area contributed by atoms with Crippen molar-refractivity contribution in [2.75, 3.05) is 5.01 Å². The average molecular weight is 152 g/mol. The molecule has 0 spiro atoms. The number of para-hydroxylation sites is 1. The zero-order valence-corrected chi connectivity index (χ0v) is 5.77. The van der Waals surface area contributed by atoms with Crippen LogP contribution in [0.4, 0.5) is 10.5 Å². The minimum absolute atomic E-state index is 0.458. The van der Waals surface area contributed by atoms with Crippen LogP contribution in [0.15, 0.2) is 30.3 Å². The predicted molar refractivity (Wildman–Crippen MR) is 41.1 cm³/mol. The van der Waals surface area contributed by atoms with Crippen LogP contribution in [-0.4, -0.2) is 11.2 Å². The Balaban J connectivity index is 2.85. The summed E-state index contributed by atoms with van der Waals surface area (Å²) in [6, 6.07) is 8.47. The number of carboxylic acid groups (broad SMARTS) is 1. The van der Waals surface area contributed by atoms with E-state index in [1.54, 1.807) is 30.3 Å². The Kier molecular flexibility index (Phi) is 2.08. The quantitative estimate of drug-likeness (QED) is 0.359. The molecule has 0 fully saturated rings. The highest BCUT2D eigenvalue weighted by molar-refractivity contribution is 5.84. The number of benzene rings is 1. The van der Waals surface area contributed by atoms with E-state index in [9.17, 15) is 4.79 Å². The molecule has 0 saturated heterocycles. The average Bonchev–Trinajstić information content (AvgIpc) is 2.05. The third kappa shape index (κ3) is 1.68. The van der Waals surface area contributed by atoms with Crippen molar-refractivity contribution in [3.63, 3.8) is 0 Å². The highest BCUT2D eigenvalue weighted by atomic mass is 16.4. The smallest absolute Gasteiger partial charge is 0.426 e. The summed E-state index contributed by atoms with van der Waals surface area (Å²) in [5.74, 6) is 5.17. The first kappa shape index (κ1) is 7.56. The van der Waals surface area contributed by atoms with Crippen LogP contribution in [0.2, 0.25) is 0 Å². The van der Waals surface area contributed by atoms with Gasteiger partial charge in [-0.05, 0) is 12.1 Å². The Morgan fingerprint density at radius 2 is 1.91 bits per heavy atom. The number of carbonyl (C=O) groups is 1. The third-order valence-corrected chi connectivity index (χ3v) is 1.24. The lowest BCUT2D eigenvalue weighted by atomic mass is 10.3. The fraction of sp³-hybridized carbons (Fsp3) is 0. The number of amides is 1. The lowest BCUT2D eigenvalue weighted by Crippen LogP contribution is -2.35. The maximum absolute atomic E-state index is 10.3. The lowest BCUT2D eigenvalue weighted by molar-refractivity contribution is 0.202. The first-order valence-electron chi connectivity index (χ1n) is 3.04. The minimum Gasteiger partial charge on any atom is -0.464 e. The van der Waals surface area contributed by atoms with Crippen molar-refractivity contribution < 1.29 is 9.90 Å². The molecule has 1 aromatic rings. The Morgan fingerprint density at radius 1 is 1.36 bits per heavy atom. The van der Waals surface area contributed by atoms with Gasteiger partial charge in [0.2, 0.25) is 0 Å². The first-order chi connectivity index (χ1) is 5.22. The second kappa shape index (κ2) is 3.03. The van der Waals surface area contributed by atoms with Crippen molar-refractivity contribution in [3.05, 3.63) is 30.3 Å². The molecule has 0 aromatic heterocycles. The third-order valence-electron chi connectivity index (χ3n) is 1.24. The van der Waals surface area contributed by atoms with E-state index in [1.165, 1.54) is 0 Å². The van der Waals surface area contributed by atoms with E-state index in [2.05, 4.69) is 0 Å².